The molecule has 0 fully saturated rings. The van der Waals surface area contributed by atoms with Gasteiger partial charge in [-0.3, -0.25) is 9.89 Å². The number of hydrogen-bond acceptors (Lipinski definition) is 7. The van der Waals surface area contributed by atoms with E-state index in [0.29, 0.717) is 33.8 Å². The van der Waals surface area contributed by atoms with Gasteiger partial charge in [0.05, 0.1) is 42.5 Å². The van der Waals surface area contributed by atoms with E-state index in [1.165, 1.54) is 38.1 Å². The minimum absolute atomic E-state index is 0.282. The summed E-state index contributed by atoms with van der Waals surface area (Å²) >= 11 is 0. The van der Waals surface area contributed by atoms with Gasteiger partial charge < -0.3 is 18.8 Å². The van der Waals surface area contributed by atoms with Gasteiger partial charge >= 0.3 is 0 Å². The lowest BCUT2D eigenvalue weighted by atomic mass is 10.1. The van der Waals surface area contributed by atoms with Gasteiger partial charge in [0, 0.05) is 0 Å². The normalized spacial score (nSPS) is 12.1. The maximum absolute atomic E-state index is 12.9. The van der Waals surface area contributed by atoms with Crippen molar-refractivity contribution in [3.05, 3.63) is 62.9 Å². The second-order valence-corrected chi connectivity index (χ2v) is 7.58. The fourth-order valence-corrected chi connectivity index (χ4v) is 3.41. The van der Waals surface area contributed by atoms with Crippen LogP contribution < -0.4 is 30.3 Å². The quantitative estimate of drug-likeness (QED) is 0.558. The van der Waals surface area contributed by atoms with Gasteiger partial charge in [0.1, 0.15) is 10.1 Å². The third-order valence-corrected chi connectivity index (χ3v) is 5.24. The highest BCUT2D eigenvalue weighted by Gasteiger charge is 2.13. The molecule has 30 heavy (non-hydrogen) atoms. The highest BCUT2D eigenvalue weighted by atomic mass is 32.2. The van der Waals surface area contributed by atoms with Gasteiger partial charge in [-0.2, -0.15) is 0 Å². The van der Waals surface area contributed by atoms with E-state index in [1.54, 1.807) is 18.2 Å². The average Bonchev–Trinajstić information content (AvgIpc) is 3.00. The zero-order valence-electron chi connectivity index (χ0n) is 16.5. The lowest BCUT2D eigenvalue weighted by Crippen LogP contribution is -2.33. The van der Waals surface area contributed by atoms with E-state index in [-0.39, 0.29) is 10.1 Å². The molecule has 0 aliphatic rings. The van der Waals surface area contributed by atoms with E-state index in [4.69, 9.17) is 14.2 Å². The molecule has 0 saturated carbocycles. The summed E-state index contributed by atoms with van der Waals surface area (Å²) in [6, 6.07) is 8.35. The topological polar surface area (TPSA) is 123 Å². The summed E-state index contributed by atoms with van der Waals surface area (Å²) in [6.45, 7) is 3.86. The molecule has 0 saturated heterocycles. The zero-order valence-corrected chi connectivity index (χ0v) is 17.3. The van der Waals surface area contributed by atoms with Gasteiger partial charge in [0.2, 0.25) is 5.75 Å². The summed E-state index contributed by atoms with van der Waals surface area (Å²) in [5.74, 6) is 1.28. The molecule has 10 heteroatoms. The number of rotatable bonds is 6. The molecule has 3 rings (SSSR count). The number of methoxy groups -OCH3 is 3. The largest absolute Gasteiger partial charge is 0.744 e. The lowest BCUT2D eigenvalue weighted by molar-refractivity contribution is 0.324. The Morgan fingerprint density at radius 3 is 2.07 bits per heavy atom. The Morgan fingerprint density at radius 1 is 1.03 bits per heavy atom. The molecule has 158 valence electrons. The average molecular weight is 431 g/mol. The van der Waals surface area contributed by atoms with Crippen LogP contribution in [0.4, 0.5) is 0 Å². The lowest BCUT2D eigenvalue weighted by Gasteiger charge is -2.12. The summed E-state index contributed by atoms with van der Waals surface area (Å²) in [5, 5.41) is 3.46. The fraction of sp³-hybridized carbons (Fsp3) is 0.150. The predicted molar refractivity (Wildman–Crippen MR) is 109 cm³/mol. The third kappa shape index (κ3) is 3.95. The number of benzene rings is 2. The standard InChI is InChI=1S/C20H20N2O7S/c1-12-16(9-13-10-17(27-2)19(29-4)18(11-13)28-3)20(23)22(21-12)14-5-7-15(8-6-14)30(24,25)26/h5-11,21H,1H2,2-4H3,(H,24,25,26)/p-1/b16-9-. The fourth-order valence-electron chi connectivity index (χ4n) is 2.94. The summed E-state index contributed by atoms with van der Waals surface area (Å²) in [7, 11) is -0.105. The smallest absolute Gasteiger partial charge is 0.279 e. The number of hydrogen-bond donors (Lipinski definition) is 1. The molecule has 2 aromatic carbocycles. The van der Waals surface area contributed by atoms with Crippen molar-refractivity contribution in [3.8, 4) is 22.9 Å². The van der Waals surface area contributed by atoms with E-state index < -0.39 is 15.7 Å². The molecule has 1 heterocycles. The van der Waals surface area contributed by atoms with Gasteiger partial charge in [0.25, 0.3) is 5.56 Å². The van der Waals surface area contributed by atoms with Crippen LogP contribution in [0.5, 0.6) is 17.2 Å². The van der Waals surface area contributed by atoms with Gasteiger partial charge in [-0.15, -0.1) is 0 Å². The second kappa shape index (κ2) is 8.09. The minimum Gasteiger partial charge on any atom is -0.744 e. The highest BCUT2D eigenvalue weighted by Crippen LogP contribution is 2.38. The van der Waals surface area contributed by atoms with Crippen molar-refractivity contribution in [2.45, 2.75) is 4.90 Å². The van der Waals surface area contributed by atoms with E-state index in [9.17, 15) is 17.8 Å². The van der Waals surface area contributed by atoms with Gasteiger partial charge in [-0.25, -0.2) is 13.1 Å². The Bertz CT molecular complexity index is 1330. The van der Waals surface area contributed by atoms with Crippen LogP contribution in [0.1, 0.15) is 5.56 Å². The summed E-state index contributed by atoms with van der Waals surface area (Å²) in [5.41, 5.74) is 0.554. The number of aromatic amines is 1. The molecule has 0 bridgehead atoms. The summed E-state index contributed by atoms with van der Waals surface area (Å²) in [6.07, 6.45) is 1.61. The first-order valence-electron chi connectivity index (χ1n) is 8.57. The van der Waals surface area contributed by atoms with Crippen molar-refractivity contribution in [1.82, 2.24) is 9.78 Å². The zero-order chi connectivity index (χ0) is 22.1. The molecule has 0 spiro atoms. The predicted octanol–water partition coefficient (Wildman–Crippen LogP) is 0.335. The summed E-state index contributed by atoms with van der Waals surface area (Å²) < 4.78 is 50.4. The molecule has 0 aliphatic carbocycles. The molecule has 0 atom stereocenters. The minimum atomic E-state index is -4.57. The Hall–Kier alpha value is -3.50. The molecule has 1 N–H and O–H groups in total. The van der Waals surface area contributed by atoms with Crippen molar-refractivity contribution in [2.24, 2.45) is 0 Å². The maximum atomic E-state index is 12.9. The van der Waals surface area contributed by atoms with Crippen LogP contribution in [0.25, 0.3) is 18.3 Å². The van der Waals surface area contributed by atoms with Crippen LogP contribution >= 0.6 is 0 Å². The Kier molecular flexibility index (Phi) is 5.72. The van der Waals surface area contributed by atoms with Crippen molar-refractivity contribution >= 4 is 22.8 Å². The van der Waals surface area contributed by atoms with Crippen molar-refractivity contribution < 1.29 is 27.2 Å². The third-order valence-electron chi connectivity index (χ3n) is 4.39. The number of aromatic nitrogens is 2. The maximum Gasteiger partial charge on any atom is 0.279 e. The molecule has 0 radical (unpaired) electrons. The molecule has 0 amide bonds. The molecule has 0 aliphatic heterocycles. The van der Waals surface area contributed by atoms with Gasteiger partial charge in [-0.1, -0.05) is 6.58 Å². The van der Waals surface area contributed by atoms with Crippen LogP contribution in [0.2, 0.25) is 0 Å². The van der Waals surface area contributed by atoms with Gasteiger partial charge in [-0.05, 0) is 48.0 Å². The van der Waals surface area contributed by atoms with E-state index in [2.05, 4.69) is 11.7 Å². The van der Waals surface area contributed by atoms with E-state index in [0.717, 1.165) is 12.1 Å². The van der Waals surface area contributed by atoms with Crippen molar-refractivity contribution in [3.63, 3.8) is 0 Å². The number of nitrogens with one attached hydrogen (secondary N) is 1. The van der Waals surface area contributed by atoms with E-state index >= 15 is 0 Å². The molecule has 3 aromatic rings. The molecule has 1 aromatic heterocycles. The SMILES string of the molecule is C=c1[nH]n(-c2ccc(S(=O)(=O)[O-])cc2)c(=O)/c1=C\c1cc(OC)c(OC)c(OC)c1. The number of ether oxygens (including phenoxy) is 3. The molecule has 9 nitrogen and oxygen atoms in total. The van der Waals surface area contributed by atoms with Crippen molar-refractivity contribution in [2.75, 3.05) is 21.3 Å². The first-order chi connectivity index (χ1) is 14.2. The molecule has 0 unspecified atom stereocenters. The second-order valence-electron chi connectivity index (χ2n) is 6.20. The first kappa shape index (κ1) is 21.2. The van der Waals surface area contributed by atoms with Gasteiger partial charge in [0.15, 0.2) is 11.5 Å². The molecular formula is C20H19N2O7S-. The monoisotopic (exact) mass is 431 g/mol. The molecular weight excluding hydrogens is 412 g/mol. The van der Waals surface area contributed by atoms with Crippen LogP contribution in [-0.4, -0.2) is 44.1 Å². The highest BCUT2D eigenvalue weighted by molar-refractivity contribution is 7.85. The number of nitrogens with zero attached hydrogens (tertiary/aromatic N) is 1. The van der Waals surface area contributed by atoms with E-state index in [1.807, 2.05) is 0 Å². The number of H-pyrrole nitrogens is 1. The first-order valence-corrected chi connectivity index (χ1v) is 9.98. The van der Waals surface area contributed by atoms with Crippen LogP contribution in [0, 0.1) is 0 Å². The Morgan fingerprint density at radius 2 is 1.60 bits per heavy atom. The summed E-state index contributed by atoms with van der Waals surface area (Å²) in [4.78, 5) is 12.5. The Balaban J connectivity index is 2.14. The van der Waals surface area contributed by atoms with Crippen LogP contribution in [0.15, 0.2) is 46.1 Å². The van der Waals surface area contributed by atoms with Crippen LogP contribution in [-0.2, 0) is 10.1 Å². The van der Waals surface area contributed by atoms with Crippen LogP contribution in [0.3, 0.4) is 0 Å². The Labute approximate surface area is 172 Å². The van der Waals surface area contributed by atoms with Crippen molar-refractivity contribution in [1.29, 1.82) is 0 Å².